The molecule has 1 aromatic rings. The Morgan fingerprint density at radius 3 is 2.79 bits per heavy atom. The van der Waals surface area contributed by atoms with Crippen LogP contribution in [0, 0.1) is 5.92 Å². The molecule has 2 atom stereocenters. The van der Waals surface area contributed by atoms with E-state index in [-0.39, 0.29) is 6.04 Å². The van der Waals surface area contributed by atoms with E-state index in [0.29, 0.717) is 18.4 Å². The Bertz CT molecular complexity index is 376. The molecule has 2 heterocycles. The van der Waals surface area contributed by atoms with Crippen molar-refractivity contribution in [2.24, 2.45) is 5.92 Å². The molecule has 108 valence electrons. The number of rotatable bonds is 6. The molecule has 0 aromatic carbocycles. The highest BCUT2D eigenvalue weighted by atomic mass is 16.5. The van der Waals surface area contributed by atoms with Crippen LogP contribution in [0.5, 0.6) is 0 Å². The molecule has 0 spiro atoms. The molecule has 0 saturated carbocycles. The van der Waals surface area contributed by atoms with Gasteiger partial charge in [0.25, 0.3) is 0 Å². The third-order valence-electron chi connectivity index (χ3n) is 3.53. The maximum atomic E-state index is 5.33. The van der Waals surface area contributed by atoms with E-state index in [0.717, 1.165) is 38.4 Å². The van der Waals surface area contributed by atoms with Crippen molar-refractivity contribution in [1.29, 1.82) is 0 Å². The van der Waals surface area contributed by atoms with Crippen molar-refractivity contribution in [1.82, 2.24) is 20.4 Å². The topological polar surface area (TPSA) is 63.4 Å². The second-order valence-electron chi connectivity index (χ2n) is 5.27. The highest BCUT2D eigenvalue weighted by Crippen LogP contribution is 2.18. The van der Waals surface area contributed by atoms with Gasteiger partial charge < -0.3 is 14.6 Å². The molecule has 2 rings (SSSR count). The van der Waals surface area contributed by atoms with Crippen molar-refractivity contribution >= 4 is 0 Å². The Morgan fingerprint density at radius 1 is 1.37 bits per heavy atom. The summed E-state index contributed by atoms with van der Waals surface area (Å²) in [7, 11) is 1.71. The maximum Gasteiger partial charge on any atom is 0.227 e. The van der Waals surface area contributed by atoms with Crippen LogP contribution in [0.1, 0.15) is 31.6 Å². The zero-order valence-corrected chi connectivity index (χ0v) is 12.1. The van der Waals surface area contributed by atoms with Gasteiger partial charge in [0.15, 0.2) is 5.82 Å². The van der Waals surface area contributed by atoms with E-state index in [1.807, 2.05) is 0 Å². The van der Waals surface area contributed by atoms with Gasteiger partial charge in [0.2, 0.25) is 5.89 Å². The third-order valence-corrected chi connectivity index (χ3v) is 3.53. The molecule has 2 unspecified atom stereocenters. The average Bonchev–Trinajstić information content (AvgIpc) is 2.87. The molecule has 0 radical (unpaired) electrons. The van der Waals surface area contributed by atoms with Gasteiger partial charge >= 0.3 is 0 Å². The quantitative estimate of drug-likeness (QED) is 0.825. The van der Waals surface area contributed by atoms with E-state index in [2.05, 4.69) is 34.2 Å². The fourth-order valence-electron chi connectivity index (χ4n) is 2.39. The van der Waals surface area contributed by atoms with E-state index in [1.54, 1.807) is 7.11 Å². The normalized spacial score (nSPS) is 20.4. The molecule has 1 fully saturated rings. The summed E-state index contributed by atoms with van der Waals surface area (Å²) in [6.45, 7) is 9.09. The maximum absolute atomic E-state index is 5.33. The first-order valence-corrected chi connectivity index (χ1v) is 6.97. The van der Waals surface area contributed by atoms with Crippen LogP contribution >= 0.6 is 0 Å². The monoisotopic (exact) mass is 268 g/mol. The molecule has 6 nitrogen and oxygen atoms in total. The van der Waals surface area contributed by atoms with Crippen LogP contribution in [0.2, 0.25) is 0 Å². The molecule has 0 aliphatic carbocycles. The Hall–Kier alpha value is -0.980. The Kier molecular flexibility index (Phi) is 5.30. The molecule has 0 amide bonds. The average molecular weight is 268 g/mol. The van der Waals surface area contributed by atoms with Crippen molar-refractivity contribution in [2.75, 3.05) is 39.9 Å². The molecule has 19 heavy (non-hydrogen) atoms. The van der Waals surface area contributed by atoms with Crippen LogP contribution in [0.15, 0.2) is 4.52 Å². The van der Waals surface area contributed by atoms with Crippen LogP contribution in [-0.2, 0) is 11.2 Å². The minimum atomic E-state index is 0.220. The summed E-state index contributed by atoms with van der Waals surface area (Å²) in [4.78, 5) is 6.89. The lowest BCUT2D eigenvalue weighted by molar-refractivity contribution is 0.154. The molecule has 1 saturated heterocycles. The second-order valence-corrected chi connectivity index (χ2v) is 5.27. The van der Waals surface area contributed by atoms with Crippen LogP contribution in [-0.4, -0.2) is 54.9 Å². The molecular formula is C13H24N4O2. The summed E-state index contributed by atoms with van der Waals surface area (Å²) in [5, 5.41) is 7.46. The SMILES string of the molecule is COCC(C)Cc1nc(C(C)N2CCNCC2)no1. The van der Waals surface area contributed by atoms with Crippen molar-refractivity contribution in [2.45, 2.75) is 26.3 Å². The van der Waals surface area contributed by atoms with Crippen molar-refractivity contribution < 1.29 is 9.26 Å². The zero-order valence-electron chi connectivity index (χ0n) is 12.1. The summed E-state index contributed by atoms with van der Waals surface area (Å²) in [5.74, 6) is 1.90. The van der Waals surface area contributed by atoms with Crippen LogP contribution in [0.3, 0.4) is 0 Å². The largest absolute Gasteiger partial charge is 0.384 e. The standard InChI is InChI=1S/C13H24N4O2/c1-10(9-18-3)8-12-15-13(16-19-12)11(2)17-6-4-14-5-7-17/h10-11,14H,4-9H2,1-3H3. The number of hydrogen-bond donors (Lipinski definition) is 1. The van der Waals surface area contributed by atoms with E-state index in [4.69, 9.17) is 9.26 Å². The number of nitrogens with one attached hydrogen (secondary N) is 1. The summed E-state index contributed by atoms with van der Waals surface area (Å²) < 4.78 is 10.5. The van der Waals surface area contributed by atoms with Crippen molar-refractivity contribution in [3.63, 3.8) is 0 Å². The van der Waals surface area contributed by atoms with Gasteiger partial charge in [-0.2, -0.15) is 4.98 Å². The molecule has 1 aliphatic heterocycles. The molecular weight excluding hydrogens is 244 g/mol. The van der Waals surface area contributed by atoms with Gasteiger partial charge in [0.1, 0.15) is 0 Å². The van der Waals surface area contributed by atoms with Crippen LogP contribution in [0.4, 0.5) is 0 Å². The molecule has 0 bridgehead atoms. The van der Waals surface area contributed by atoms with Gasteiger partial charge in [-0.25, -0.2) is 0 Å². The molecule has 1 N–H and O–H groups in total. The highest BCUT2D eigenvalue weighted by molar-refractivity contribution is 4.95. The highest BCUT2D eigenvalue weighted by Gasteiger charge is 2.22. The van der Waals surface area contributed by atoms with Gasteiger partial charge in [-0.05, 0) is 12.8 Å². The van der Waals surface area contributed by atoms with Gasteiger partial charge in [-0.15, -0.1) is 0 Å². The number of hydrogen-bond acceptors (Lipinski definition) is 6. The number of aromatic nitrogens is 2. The molecule has 6 heteroatoms. The van der Waals surface area contributed by atoms with Crippen molar-refractivity contribution in [3.8, 4) is 0 Å². The number of methoxy groups -OCH3 is 1. The van der Waals surface area contributed by atoms with Crippen LogP contribution in [0.25, 0.3) is 0 Å². The second kappa shape index (κ2) is 6.98. The van der Waals surface area contributed by atoms with Crippen molar-refractivity contribution in [3.05, 3.63) is 11.7 Å². The summed E-state index contributed by atoms with van der Waals surface area (Å²) in [6, 6.07) is 0.220. The van der Waals surface area contributed by atoms with E-state index in [9.17, 15) is 0 Å². The first-order chi connectivity index (χ1) is 9.20. The third kappa shape index (κ3) is 3.99. The lowest BCUT2D eigenvalue weighted by Crippen LogP contribution is -2.44. The van der Waals surface area contributed by atoms with Gasteiger partial charge in [0.05, 0.1) is 6.04 Å². The number of ether oxygens (including phenoxy) is 1. The minimum absolute atomic E-state index is 0.220. The van der Waals surface area contributed by atoms with Crippen LogP contribution < -0.4 is 5.32 Å². The first-order valence-electron chi connectivity index (χ1n) is 6.97. The minimum Gasteiger partial charge on any atom is -0.384 e. The molecule has 1 aliphatic rings. The Labute approximate surface area is 114 Å². The summed E-state index contributed by atoms with van der Waals surface area (Å²) >= 11 is 0. The number of piperazine rings is 1. The fraction of sp³-hybridized carbons (Fsp3) is 0.846. The Balaban J connectivity index is 1.91. The summed E-state index contributed by atoms with van der Waals surface area (Å²) in [5.41, 5.74) is 0. The summed E-state index contributed by atoms with van der Waals surface area (Å²) in [6.07, 6.45) is 0.773. The number of nitrogens with zero attached hydrogens (tertiary/aromatic N) is 3. The zero-order chi connectivity index (χ0) is 13.7. The lowest BCUT2D eigenvalue weighted by atomic mass is 10.1. The lowest BCUT2D eigenvalue weighted by Gasteiger charge is -2.30. The fourth-order valence-corrected chi connectivity index (χ4v) is 2.39. The van der Waals surface area contributed by atoms with Gasteiger partial charge in [0, 0.05) is 46.3 Å². The predicted octanol–water partition coefficient (Wildman–Crippen LogP) is 0.861. The molecule has 1 aromatic heterocycles. The first kappa shape index (κ1) is 14.4. The van der Waals surface area contributed by atoms with E-state index < -0.39 is 0 Å². The van der Waals surface area contributed by atoms with E-state index in [1.165, 1.54) is 0 Å². The predicted molar refractivity (Wildman–Crippen MR) is 71.9 cm³/mol. The smallest absolute Gasteiger partial charge is 0.227 e. The van der Waals surface area contributed by atoms with Gasteiger partial charge in [-0.3, -0.25) is 4.90 Å². The van der Waals surface area contributed by atoms with E-state index >= 15 is 0 Å². The van der Waals surface area contributed by atoms with Gasteiger partial charge in [-0.1, -0.05) is 12.1 Å². The Morgan fingerprint density at radius 2 is 2.11 bits per heavy atom.